The Morgan fingerprint density at radius 3 is 2.63 bits per heavy atom. The summed E-state index contributed by atoms with van der Waals surface area (Å²) in [4.78, 5) is 21.9. The van der Waals surface area contributed by atoms with Crippen molar-refractivity contribution in [2.75, 3.05) is 37.5 Å². The minimum atomic E-state index is -0.0433. The van der Waals surface area contributed by atoms with E-state index in [1.807, 2.05) is 66.9 Å². The number of aryl methyl sites for hydroxylation is 1. The third-order valence-electron chi connectivity index (χ3n) is 6.97. The monoisotopic (exact) mass is 526 g/mol. The first-order chi connectivity index (χ1) is 18.4. The molecule has 0 saturated heterocycles. The smallest absolute Gasteiger partial charge is 0.253 e. The lowest BCUT2D eigenvalue weighted by molar-refractivity contribution is 0.0784. The highest BCUT2D eigenvalue weighted by Crippen LogP contribution is 2.33. The number of fused-ring (bicyclic) bond motifs is 1. The molecule has 0 spiro atoms. The second-order valence-corrected chi connectivity index (χ2v) is 10.00. The maximum Gasteiger partial charge on any atom is 0.253 e. The molecule has 0 saturated carbocycles. The first-order valence-electron chi connectivity index (χ1n) is 12.6. The highest BCUT2D eigenvalue weighted by Gasteiger charge is 2.20. The molecule has 0 unspecified atom stereocenters. The fourth-order valence-corrected chi connectivity index (χ4v) is 4.98. The van der Waals surface area contributed by atoms with Crippen molar-refractivity contribution in [3.63, 3.8) is 0 Å². The van der Waals surface area contributed by atoms with Crippen LogP contribution in [0.3, 0.4) is 0 Å². The minimum absolute atomic E-state index is 0.0433. The quantitative estimate of drug-likeness (QED) is 0.301. The maximum atomic E-state index is 13.1. The molecule has 3 aromatic carbocycles. The number of anilines is 2. The summed E-state index contributed by atoms with van der Waals surface area (Å²) in [5.74, 6) is 1.61. The summed E-state index contributed by atoms with van der Waals surface area (Å²) in [5.41, 5.74) is 7.09. The Bertz CT molecular complexity index is 1450. The van der Waals surface area contributed by atoms with E-state index in [0.29, 0.717) is 12.1 Å². The fraction of sp³-hybridized carbons (Fsp3) is 0.226. The van der Waals surface area contributed by atoms with Gasteiger partial charge in [-0.05, 0) is 60.0 Å². The van der Waals surface area contributed by atoms with Gasteiger partial charge in [-0.25, -0.2) is 4.98 Å². The zero-order valence-electron chi connectivity index (χ0n) is 21.9. The second kappa shape index (κ2) is 11.2. The van der Waals surface area contributed by atoms with Gasteiger partial charge in [0.15, 0.2) is 0 Å². The fourth-order valence-electron chi connectivity index (χ4n) is 4.78. The molecule has 1 aliphatic rings. The van der Waals surface area contributed by atoms with Crippen LogP contribution in [0.5, 0.6) is 5.75 Å². The normalized spacial score (nSPS) is 12.5. The van der Waals surface area contributed by atoms with Gasteiger partial charge in [0.05, 0.1) is 12.8 Å². The van der Waals surface area contributed by atoms with Crippen molar-refractivity contribution in [2.45, 2.75) is 20.0 Å². The number of nitrogens with one attached hydrogen (secondary N) is 1. The average Bonchev–Trinajstić information content (AvgIpc) is 2.95. The number of benzene rings is 3. The third kappa shape index (κ3) is 5.46. The molecule has 1 amide bonds. The summed E-state index contributed by atoms with van der Waals surface area (Å²) in [6.07, 6.45) is 1.88. The van der Waals surface area contributed by atoms with Crippen LogP contribution in [0.25, 0.3) is 11.1 Å². The van der Waals surface area contributed by atoms with Gasteiger partial charge >= 0.3 is 0 Å². The predicted molar refractivity (Wildman–Crippen MR) is 154 cm³/mol. The third-order valence-corrected chi connectivity index (χ3v) is 7.20. The number of carbonyl (C=O) groups is 1. The number of para-hydroxylation sites is 1. The van der Waals surface area contributed by atoms with Crippen molar-refractivity contribution in [2.24, 2.45) is 0 Å². The molecule has 0 aliphatic carbocycles. The predicted octanol–water partition coefficient (Wildman–Crippen LogP) is 6.42. The van der Waals surface area contributed by atoms with E-state index in [0.717, 1.165) is 58.6 Å². The molecule has 0 fully saturated rings. The van der Waals surface area contributed by atoms with E-state index in [-0.39, 0.29) is 5.91 Å². The van der Waals surface area contributed by atoms with Gasteiger partial charge in [-0.1, -0.05) is 48.0 Å². The largest absolute Gasteiger partial charge is 0.496 e. The molecule has 6 nitrogen and oxygen atoms in total. The molecular formula is C31H31ClN4O2. The van der Waals surface area contributed by atoms with Gasteiger partial charge in [0.25, 0.3) is 5.91 Å². The van der Waals surface area contributed by atoms with Crippen LogP contribution in [0, 0.1) is 6.92 Å². The van der Waals surface area contributed by atoms with Crippen molar-refractivity contribution in [3.8, 4) is 16.9 Å². The zero-order valence-corrected chi connectivity index (χ0v) is 22.6. The number of nitrogens with zero attached hydrogens (tertiary/aromatic N) is 3. The topological polar surface area (TPSA) is 57.7 Å². The van der Waals surface area contributed by atoms with Crippen molar-refractivity contribution >= 4 is 29.0 Å². The summed E-state index contributed by atoms with van der Waals surface area (Å²) in [6.45, 7) is 5.04. The molecule has 2 heterocycles. The maximum absolute atomic E-state index is 13.1. The molecule has 1 aromatic heterocycles. The number of hydrogen-bond acceptors (Lipinski definition) is 5. The van der Waals surface area contributed by atoms with Crippen LogP contribution in [0.15, 0.2) is 79.0 Å². The Morgan fingerprint density at radius 2 is 1.84 bits per heavy atom. The van der Waals surface area contributed by atoms with E-state index in [1.54, 1.807) is 19.1 Å². The molecule has 38 heavy (non-hydrogen) atoms. The lowest BCUT2D eigenvalue weighted by Gasteiger charge is -2.32. The van der Waals surface area contributed by atoms with Gasteiger partial charge in [-0.3, -0.25) is 4.79 Å². The summed E-state index contributed by atoms with van der Waals surface area (Å²) in [7, 11) is 3.45. The Labute approximate surface area is 228 Å². The molecular weight excluding hydrogens is 496 g/mol. The molecule has 0 radical (unpaired) electrons. The lowest BCUT2D eigenvalue weighted by atomic mass is 10.0. The van der Waals surface area contributed by atoms with Crippen LogP contribution >= 0.6 is 11.6 Å². The number of amides is 1. The van der Waals surface area contributed by atoms with E-state index in [1.165, 1.54) is 11.1 Å². The van der Waals surface area contributed by atoms with Crippen molar-refractivity contribution in [3.05, 3.63) is 106 Å². The Kier molecular flexibility index (Phi) is 7.52. The lowest BCUT2D eigenvalue weighted by Crippen LogP contribution is -2.34. The first-order valence-corrected chi connectivity index (χ1v) is 13.0. The molecule has 7 heteroatoms. The average molecular weight is 527 g/mol. The summed E-state index contributed by atoms with van der Waals surface area (Å²) in [5, 5.41) is 4.16. The number of halogens is 1. The number of aromatic nitrogens is 1. The van der Waals surface area contributed by atoms with Gasteiger partial charge in [-0.2, -0.15) is 0 Å². The van der Waals surface area contributed by atoms with Gasteiger partial charge in [0, 0.05) is 61.1 Å². The molecule has 0 atom stereocenters. The Hall–Kier alpha value is -4.03. The van der Waals surface area contributed by atoms with Crippen LogP contribution < -0.4 is 15.0 Å². The van der Waals surface area contributed by atoms with Crippen molar-refractivity contribution < 1.29 is 9.53 Å². The number of methoxy groups -OCH3 is 1. The standard InChI is InChI=1S/C31H31ClN4O2/c1-21-8-13-27(32)16-26(21)20-36-15-14-33-30-28(36)17-25(18-34-30)22-9-11-23(12-10-22)31(37)35(2)19-24-6-4-5-7-29(24)38-3/h4-13,16-18H,14-15,19-20H2,1-3H3,(H,33,34). The van der Waals surface area contributed by atoms with Crippen LogP contribution in [-0.2, 0) is 13.1 Å². The van der Waals surface area contributed by atoms with Crippen molar-refractivity contribution in [1.29, 1.82) is 0 Å². The van der Waals surface area contributed by atoms with E-state index in [2.05, 4.69) is 29.3 Å². The summed E-state index contributed by atoms with van der Waals surface area (Å²) >= 11 is 6.27. The molecule has 1 aliphatic heterocycles. The van der Waals surface area contributed by atoms with Gasteiger partial charge in [0.1, 0.15) is 11.6 Å². The summed E-state index contributed by atoms with van der Waals surface area (Å²) in [6, 6.07) is 23.7. The molecule has 5 rings (SSSR count). The molecule has 194 valence electrons. The molecule has 4 aromatic rings. The first kappa shape index (κ1) is 25.6. The Morgan fingerprint density at radius 1 is 1.05 bits per heavy atom. The second-order valence-electron chi connectivity index (χ2n) is 9.56. The van der Waals surface area contributed by atoms with Crippen LogP contribution in [-0.4, -0.2) is 43.0 Å². The number of hydrogen-bond donors (Lipinski definition) is 1. The SMILES string of the molecule is COc1ccccc1CN(C)C(=O)c1ccc(-c2cnc3c(c2)N(Cc2cc(Cl)ccc2C)CCN3)cc1. The van der Waals surface area contributed by atoms with Crippen molar-refractivity contribution in [1.82, 2.24) is 9.88 Å². The number of pyridine rings is 1. The number of ether oxygens (including phenoxy) is 1. The van der Waals surface area contributed by atoms with E-state index >= 15 is 0 Å². The van der Waals surface area contributed by atoms with E-state index in [9.17, 15) is 4.79 Å². The minimum Gasteiger partial charge on any atom is -0.496 e. The molecule has 1 N–H and O–H groups in total. The van der Waals surface area contributed by atoms with Gasteiger partial charge < -0.3 is 19.9 Å². The zero-order chi connectivity index (χ0) is 26.6. The number of carbonyl (C=O) groups excluding carboxylic acids is 1. The van der Waals surface area contributed by atoms with Gasteiger partial charge in [0.2, 0.25) is 0 Å². The van der Waals surface area contributed by atoms with Crippen LogP contribution in [0.2, 0.25) is 5.02 Å². The Balaban J connectivity index is 1.34. The highest BCUT2D eigenvalue weighted by atomic mass is 35.5. The van der Waals surface area contributed by atoms with E-state index < -0.39 is 0 Å². The van der Waals surface area contributed by atoms with Gasteiger partial charge in [-0.15, -0.1) is 0 Å². The van der Waals surface area contributed by atoms with Crippen LogP contribution in [0.1, 0.15) is 27.0 Å². The number of rotatable bonds is 7. The molecule has 0 bridgehead atoms. The summed E-state index contributed by atoms with van der Waals surface area (Å²) < 4.78 is 5.43. The van der Waals surface area contributed by atoms with Crippen LogP contribution in [0.4, 0.5) is 11.5 Å². The highest BCUT2D eigenvalue weighted by molar-refractivity contribution is 6.30. The van der Waals surface area contributed by atoms with E-state index in [4.69, 9.17) is 21.3 Å².